The standard InChI is InChI=1S/C9H15N3O/c1-3-12-6-10-11-9(12)8-4-5-13-7(8)2/h6-8H,3-5H2,1-2H3. The lowest BCUT2D eigenvalue weighted by Crippen LogP contribution is -2.14. The Kier molecular flexibility index (Phi) is 2.31. The third-order valence-electron chi connectivity index (χ3n) is 2.69. The van der Waals surface area contributed by atoms with E-state index in [-0.39, 0.29) is 6.10 Å². The second-order valence-electron chi connectivity index (χ2n) is 3.45. The molecule has 1 aliphatic rings. The van der Waals surface area contributed by atoms with E-state index in [0.29, 0.717) is 5.92 Å². The summed E-state index contributed by atoms with van der Waals surface area (Å²) in [6.45, 7) is 5.99. The summed E-state index contributed by atoms with van der Waals surface area (Å²) in [6, 6.07) is 0. The van der Waals surface area contributed by atoms with E-state index in [1.165, 1.54) is 0 Å². The summed E-state index contributed by atoms with van der Waals surface area (Å²) in [5.74, 6) is 1.51. The molecule has 2 heterocycles. The van der Waals surface area contributed by atoms with Crippen molar-refractivity contribution in [3.05, 3.63) is 12.2 Å². The van der Waals surface area contributed by atoms with Crippen LogP contribution < -0.4 is 0 Å². The molecule has 1 saturated heterocycles. The Morgan fingerprint density at radius 3 is 3.15 bits per heavy atom. The van der Waals surface area contributed by atoms with Crippen LogP contribution in [0.3, 0.4) is 0 Å². The van der Waals surface area contributed by atoms with Gasteiger partial charge in [-0.3, -0.25) is 0 Å². The Morgan fingerprint density at radius 1 is 1.69 bits per heavy atom. The first-order chi connectivity index (χ1) is 6.33. The first-order valence-corrected chi connectivity index (χ1v) is 4.82. The molecule has 0 aliphatic carbocycles. The zero-order valence-electron chi connectivity index (χ0n) is 8.10. The van der Waals surface area contributed by atoms with Gasteiger partial charge >= 0.3 is 0 Å². The van der Waals surface area contributed by atoms with E-state index in [1.807, 2.05) is 0 Å². The second-order valence-corrected chi connectivity index (χ2v) is 3.45. The van der Waals surface area contributed by atoms with Gasteiger partial charge in [0, 0.05) is 19.1 Å². The van der Waals surface area contributed by atoms with Crippen molar-refractivity contribution in [3.8, 4) is 0 Å². The van der Waals surface area contributed by atoms with Gasteiger partial charge in [-0.2, -0.15) is 0 Å². The molecule has 0 spiro atoms. The molecule has 0 aromatic carbocycles. The van der Waals surface area contributed by atoms with Crippen molar-refractivity contribution in [2.24, 2.45) is 0 Å². The maximum Gasteiger partial charge on any atom is 0.138 e. The summed E-state index contributed by atoms with van der Waals surface area (Å²) < 4.78 is 7.60. The second kappa shape index (κ2) is 3.46. The molecule has 2 atom stereocenters. The van der Waals surface area contributed by atoms with E-state index in [9.17, 15) is 0 Å². The monoisotopic (exact) mass is 181 g/mol. The maximum atomic E-state index is 5.51. The van der Waals surface area contributed by atoms with Crippen molar-refractivity contribution in [2.75, 3.05) is 6.61 Å². The molecule has 1 fully saturated rings. The van der Waals surface area contributed by atoms with E-state index in [1.54, 1.807) is 6.33 Å². The molecular weight excluding hydrogens is 166 g/mol. The average molecular weight is 181 g/mol. The summed E-state index contributed by atoms with van der Waals surface area (Å²) in [7, 11) is 0. The smallest absolute Gasteiger partial charge is 0.138 e. The number of rotatable bonds is 2. The number of hydrogen-bond acceptors (Lipinski definition) is 3. The molecular formula is C9H15N3O. The van der Waals surface area contributed by atoms with Gasteiger partial charge in [0.2, 0.25) is 0 Å². The quantitative estimate of drug-likeness (QED) is 0.688. The highest BCUT2D eigenvalue weighted by Gasteiger charge is 2.29. The number of aromatic nitrogens is 3. The van der Waals surface area contributed by atoms with Crippen LogP contribution in [0, 0.1) is 0 Å². The van der Waals surface area contributed by atoms with E-state index in [4.69, 9.17) is 4.74 Å². The summed E-state index contributed by atoms with van der Waals surface area (Å²) in [5.41, 5.74) is 0. The number of aryl methyl sites for hydroxylation is 1. The molecule has 13 heavy (non-hydrogen) atoms. The number of hydrogen-bond donors (Lipinski definition) is 0. The first kappa shape index (κ1) is 8.69. The predicted molar refractivity (Wildman–Crippen MR) is 48.5 cm³/mol. The first-order valence-electron chi connectivity index (χ1n) is 4.82. The van der Waals surface area contributed by atoms with Crippen LogP contribution in [0.25, 0.3) is 0 Å². The Balaban J connectivity index is 2.23. The van der Waals surface area contributed by atoms with Crippen molar-refractivity contribution >= 4 is 0 Å². The summed E-state index contributed by atoms with van der Waals surface area (Å²) >= 11 is 0. The average Bonchev–Trinajstić information content (AvgIpc) is 2.71. The summed E-state index contributed by atoms with van der Waals surface area (Å²) in [6.07, 6.45) is 3.15. The third kappa shape index (κ3) is 1.46. The molecule has 1 aliphatic heterocycles. The van der Waals surface area contributed by atoms with Gasteiger partial charge in [0.25, 0.3) is 0 Å². The molecule has 2 unspecified atom stereocenters. The van der Waals surface area contributed by atoms with Crippen LogP contribution in [-0.4, -0.2) is 27.5 Å². The van der Waals surface area contributed by atoms with Gasteiger partial charge in [0.05, 0.1) is 6.10 Å². The van der Waals surface area contributed by atoms with Crippen molar-refractivity contribution in [1.82, 2.24) is 14.8 Å². The van der Waals surface area contributed by atoms with Crippen LogP contribution in [-0.2, 0) is 11.3 Å². The van der Waals surface area contributed by atoms with Crippen LogP contribution >= 0.6 is 0 Å². The van der Waals surface area contributed by atoms with Crippen LogP contribution in [0.2, 0.25) is 0 Å². The molecule has 72 valence electrons. The Labute approximate surface area is 77.9 Å². The lowest BCUT2D eigenvalue weighted by atomic mass is 10.0. The van der Waals surface area contributed by atoms with Gasteiger partial charge in [-0.25, -0.2) is 0 Å². The van der Waals surface area contributed by atoms with Crippen molar-refractivity contribution in [2.45, 2.75) is 38.8 Å². The highest BCUT2D eigenvalue weighted by atomic mass is 16.5. The fraction of sp³-hybridized carbons (Fsp3) is 0.778. The molecule has 0 saturated carbocycles. The van der Waals surface area contributed by atoms with Gasteiger partial charge in [0.1, 0.15) is 12.2 Å². The SMILES string of the molecule is CCn1cnnc1C1CCOC1C. The zero-order chi connectivity index (χ0) is 9.26. The molecule has 0 N–H and O–H groups in total. The Bertz CT molecular complexity index is 284. The molecule has 2 rings (SSSR count). The van der Waals surface area contributed by atoms with Crippen LogP contribution in [0.1, 0.15) is 32.0 Å². The fourth-order valence-electron chi connectivity index (χ4n) is 1.87. The van der Waals surface area contributed by atoms with Crippen molar-refractivity contribution in [3.63, 3.8) is 0 Å². The summed E-state index contributed by atoms with van der Waals surface area (Å²) in [4.78, 5) is 0. The molecule has 0 amide bonds. The highest BCUT2D eigenvalue weighted by molar-refractivity contribution is 5.01. The van der Waals surface area contributed by atoms with Crippen molar-refractivity contribution in [1.29, 1.82) is 0 Å². The topological polar surface area (TPSA) is 39.9 Å². The number of ether oxygens (including phenoxy) is 1. The van der Waals surface area contributed by atoms with Crippen LogP contribution in [0.15, 0.2) is 6.33 Å². The predicted octanol–water partition coefficient (Wildman–Crippen LogP) is 1.19. The van der Waals surface area contributed by atoms with Gasteiger partial charge in [-0.05, 0) is 20.3 Å². The molecule has 1 aromatic rings. The highest BCUT2D eigenvalue weighted by Crippen LogP contribution is 2.29. The minimum atomic E-state index is 0.287. The minimum absolute atomic E-state index is 0.287. The lowest BCUT2D eigenvalue weighted by molar-refractivity contribution is 0.116. The van der Waals surface area contributed by atoms with Gasteiger partial charge in [0.15, 0.2) is 0 Å². The van der Waals surface area contributed by atoms with Gasteiger partial charge in [-0.1, -0.05) is 0 Å². The molecule has 0 bridgehead atoms. The van der Waals surface area contributed by atoms with Crippen LogP contribution in [0.5, 0.6) is 0 Å². The van der Waals surface area contributed by atoms with E-state index >= 15 is 0 Å². The zero-order valence-corrected chi connectivity index (χ0v) is 8.10. The normalized spacial score (nSPS) is 28.2. The van der Waals surface area contributed by atoms with Crippen LogP contribution in [0.4, 0.5) is 0 Å². The largest absolute Gasteiger partial charge is 0.378 e. The molecule has 4 nitrogen and oxygen atoms in total. The molecule has 0 radical (unpaired) electrons. The maximum absolute atomic E-state index is 5.51. The lowest BCUT2D eigenvalue weighted by Gasteiger charge is -2.13. The molecule has 1 aromatic heterocycles. The number of nitrogens with zero attached hydrogens (tertiary/aromatic N) is 3. The van der Waals surface area contributed by atoms with Gasteiger partial charge < -0.3 is 9.30 Å². The van der Waals surface area contributed by atoms with Gasteiger partial charge in [-0.15, -0.1) is 10.2 Å². The minimum Gasteiger partial charge on any atom is -0.378 e. The van der Waals surface area contributed by atoms with E-state index in [2.05, 4.69) is 28.6 Å². The molecule has 4 heteroatoms. The van der Waals surface area contributed by atoms with E-state index in [0.717, 1.165) is 25.4 Å². The van der Waals surface area contributed by atoms with Crippen molar-refractivity contribution < 1.29 is 4.74 Å². The Hall–Kier alpha value is -0.900. The fourth-order valence-corrected chi connectivity index (χ4v) is 1.87. The third-order valence-corrected chi connectivity index (χ3v) is 2.69. The van der Waals surface area contributed by atoms with E-state index < -0.39 is 0 Å². The Morgan fingerprint density at radius 2 is 2.54 bits per heavy atom. The summed E-state index contributed by atoms with van der Waals surface area (Å²) in [5, 5.41) is 8.08.